The number of para-hydroxylation sites is 1. The summed E-state index contributed by atoms with van der Waals surface area (Å²) in [4.78, 5) is 27.5. The Hall–Kier alpha value is -3.88. The Morgan fingerprint density at radius 3 is 2.31 bits per heavy atom. The first-order valence-corrected chi connectivity index (χ1v) is 12.8. The monoisotopic (exact) mass is 538 g/mol. The maximum Gasteiger partial charge on any atom is 0.419 e. The van der Waals surface area contributed by atoms with Crippen molar-refractivity contribution in [2.24, 2.45) is 0 Å². The van der Waals surface area contributed by atoms with Gasteiger partial charge in [0, 0.05) is 18.5 Å². The minimum atomic E-state index is -4.76. The number of carbonyl (C=O) groups excluding carboxylic acids is 2. The molecule has 2 saturated carbocycles. The minimum absolute atomic E-state index is 0.0862. The van der Waals surface area contributed by atoms with Gasteiger partial charge < -0.3 is 15.0 Å². The topological polar surface area (TPSA) is 58.6 Å². The van der Waals surface area contributed by atoms with E-state index < -0.39 is 29.1 Å². The lowest BCUT2D eigenvalue weighted by atomic mass is 9.96. The average molecular weight is 539 g/mol. The van der Waals surface area contributed by atoms with E-state index in [1.54, 1.807) is 18.2 Å². The quantitative estimate of drug-likeness (QED) is 0.304. The molecular weight excluding hydrogens is 512 g/mol. The number of amides is 1. The second-order valence-electron chi connectivity index (χ2n) is 10.8. The van der Waals surface area contributed by atoms with Crippen molar-refractivity contribution in [3.8, 4) is 0 Å². The van der Waals surface area contributed by atoms with E-state index in [1.807, 2.05) is 29.2 Å². The van der Waals surface area contributed by atoms with Crippen molar-refractivity contribution in [3.63, 3.8) is 0 Å². The van der Waals surface area contributed by atoms with Crippen molar-refractivity contribution < 1.29 is 31.9 Å². The smallest absolute Gasteiger partial charge is 0.419 e. The molecule has 202 valence electrons. The molecule has 1 spiro atoms. The summed E-state index contributed by atoms with van der Waals surface area (Å²) in [6, 6.07) is 15.6. The molecule has 1 aliphatic heterocycles. The van der Waals surface area contributed by atoms with Gasteiger partial charge in [0.25, 0.3) is 5.91 Å². The SMILES string of the molecule is COC(=O)c1ccc(C2(NC(=O)c3cccc4c3N(Cc3ccc(C(F)(F)F)c(F)c3)CC43CC3)CC2)cc1. The molecule has 1 heterocycles. The standard InChI is InChI=1S/C30H26F4N2O3/c1-39-27(38)19-6-8-20(9-7-19)29(13-14-29)35-26(37)21-3-2-4-23-25(21)36(17-28(23)11-12-28)16-18-5-10-22(24(31)15-18)30(32,33)34/h2-10,15H,11-14,16-17H2,1H3,(H,35,37). The predicted octanol–water partition coefficient (Wildman–Crippen LogP) is 6.10. The van der Waals surface area contributed by atoms with Gasteiger partial charge in [0.15, 0.2) is 0 Å². The number of carbonyl (C=O) groups is 2. The molecule has 6 rings (SSSR count). The van der Waals surface area contributed by atoms with E-state index in [1.165, 1.54) is 13.2 Å². The molecule has 5 nitrogen and oxygen atoms in total. The third-order valence-corrected chi connectivity index (χ3v) is 8.19. The lowest BCUT2D eigenvalue weighted by Crippen LogP contribution is -2.36. The van der Waals surface area contributed by atoms with Crippen LogP contribution >= 0.6 is 0 Å². The van der Waals surface area contributed by atoms with Crippen LogP contribution in [-0.4, -0.2) is 25.5 Å². The molecule has 0 bridgehead atoms. The number of fused-ring (bicyclic) bond motifs is 2. The predicted molar refractivity (Wildman–Crippen MR) is 136 cm³/mol. The molecule has 0 saturated heterocycles. The van der Waals surface area contributed by atoms with Crippen molar-refractivity contribution >= 4 is 17.6 Å². The van der Waals surface area contributed by atoms with E-state index in [2.05, 4.69) is 5.32 Å². The van der Waals surface area contributed by atoms with Crippen LogP contribution < -0.4 is 10.2 Å². The van der Waals surface area contributed by atoms with E-state index in [9.17, 15) is 27.2 Å². The first-order chi connectivity index (χ1) is 18.6. The van der Waals surface area contributed by atoms with Gasteiger partial charge in [-0.3, -0.25) is 4.79 Å². The van der Waals surface area contributed by atoms with Crippen molar-refractivity contribution in [2.45, 2.75) is 49.4 Å². The van der Waals surface area contributed by atoms with Gasteiger partial charge >= 0.3 is 12.1 Å². The number of esters is 1. The molecule has 3 aliphatic rings. The van der Waals surface area contributed by atoms with Crippen LogP contribution in [0.5, 0.6) is 0 Å². The van der Waals surface area contributed by atoms with Crippen LogP contribution in [0.15, 0.2) is 60.7 Å². The molecule has 1 amide bonds. The third kappa shape index (κ3) is 4.43. The Bertz CT molecular complexity index is 1470. The van der Waals surface area contributed by atoms with Crippen LogP contribution in [-0.2, 0) is 28.4 Å². The highest BCUT2D eigenvalue weighted by Crippen LogP contribution is 2.57. The number of methoxy groups -OCH3 is 1. The molecule has 9 heteroatoms. The number of alkyl halides is 3. The van der Waals surface area contributed by atoms with Crippen LogP contribution in [0.25, 0.3) is 0 Å². The largest absolute Gasteiger partial charge is 0.465 e. The number of benzene rings is 3. The molecule has 3 aromatic rings. The van der Waals surface area contributed by atoms with E-state index in [0.29, 0.717) is 23.2 Å². The van der Waals surface area contributed by atoms with Gasteiger partial charge in [-0.15, -0.1) is 0 Å². The number of halogens is 4. The zero-order valence-corrected chi connectivity index (χ0v) is 21.2. The number of hydrogen-bond donors (Lipinski definition) is 1. The molecule has 0 radical (unpaired) electrons. The summed E-state index contributed by atoms with van der Waals surface area (Å²) in [6.07, 6.45) is -1.34. The molecule has 39 heavy (non-hydrogen) atoms. The Labute approximate surface area is 222 Å². The van der Waals surface area contributed by atoms with Gasteiger partial charge in [-0.1, -0.05) is 30.3 Å². The Morgan fingerprint density at radius 2 is 1.72 bits per heavy atom. The van der Waals surface area contributed by atoms with E-state index in [4.69, 9.17) is 4.74 Å². The number of hydrogen-bond acceptors (Lipinski definition) is 4. The Kier molecular flexibility index (Phi) is 5.75. The molecule has 1 N–H and O–H groups in total. The van der Waals surface area contributed by atoms with Crippen molar-refractivity contribution in [1.29, 1.82) is 0 Å². The third-order valence-electron chi connectivity index (χ3n) is 8.19. The van der Waals surface area contributed by atoms with Crippen molar-refractivity contribution in [3.05, 3.63) is 99.9 Å². The number of anilines is 1. The van der Waals surface area contributed by atoms with Gasteiger partial charge in [-0.05, 0) is 72.7 Å². The highest BCUT2D eigenvalue weighted by Gasteiger charge is 2.53. The lowest BCUT2D eigenvalue weighted by Gasteiger charge is -2.24. The lowest BCUT2D eigenvalue weighted by molar-refractivity contribution is -0.140. The summed E-state index contributed by atoms with van der Waals surface area (Å²) >= 11 is 0. The minimum Gasteiger partial charge on any atom is -0.465 e. The maximum absolute atomic E-state index is 14.3. The van der Waals surface area contributed by atoms with Crippen LogP contribution in [0.4, 0.5) is 23.2 Å². The Morgan fingerprint density at radius 1 is 1.00 bits per heavy atom. The average Bonchev–Trinajstić information content (AvgIpc) is 3.83. The second-order valence-corrected chi connectivity index (χ2v) is 10.8. The number of rotatable bonds is 6. The molecule has 3 aromatic carbocycles. The number of nitrogens with zero attached hydrogens (tertiary/aromatic N) is 1. The van der Waals surface area contributed by atoms with Crippen LogP contribution in [0, 0.1) is 5.82 Å². The number of ether oxygens (including phenoxy) is 1. The summed E-state index contributed by atoms with van der Waals surface area (Å²) in [5, 5.41) is 3.19. The maximum atomic E-state index is 14.3. The summed E-state index contributed by atoms with van der Waals surface area (Å²) in [5.41, 5.74) is 2.11. The zero-order chi connectivity index (χ0) is 27.6. The fourth-order valence-corrected chi connectivity index (χ4v) is 5.78. The van der Waals surface area contributed by atoms with Gasteiger partial charge in [-0.2, -0.15) is 13.2 Å². The summed E-state index contributed by atoms with van der Waals surface area (Å²) in [6.45, 7) is 0.809. The zero-order valence-electron chi connectivity index (χ0n) is 21.2. The van der Waals surface area contributed by atoms with Crippen molar-refractivity contribution in [2.75, 3.05) is 18.6 Å². The highest BCUT2D eigenvalue weighted by atomic mass is 19.4. The number of nitrogens with one attached hydrogen (secondary N) is 1. The normalized spacial score (nSPS) is 18.0. The molecular formula is C30H26F4N2O3. The molecule has 2 fully saturated rings. The van der Waals surface area contributed by atoms with E-state index in [0.717, 1.165) is 54.6 Å². The fourth-order valence-electron chi connectivity index (χ4n) is 5.78. The fraction of sp³-hybridized carbons (Fsp3) is 0.333. The summed E-state index contributed by atoms with van der Waals surface area (Å²) < 4.78 is 58.2. The van der Waals surface area contributed by atoms with E-state index in [-0.39, 0.29) is 17.9 Å². The first-order valence-electron chi connectivity index (χ1n) is 12.8. The Balaban J connectivity index is 1.28. The van der Waals surface area contributed by atoms with Gasteiger partial charge in [0.2, 0.25) is 0 Å². The summed E-state index contributed by atoms with van der Waals surface area (Å²) in [7, 11) is 1.32. The molecule has 0 aromatic heterocycles. The van der Waals surface area contributed by atoms with Crippen LogP contribution in [0.2, 0.25) is 0 Å². The summed E-state index contributed by atoms with van der Waals surface area (Å²) in [5.74, 6) is -1.99. The van der Waals surface area contributed by atoms with Gasteiger partial charge in [0.05, 0.1) is 35.0 Å². The molecule has 0 atom stereocenters. The first kappa shape index (κ1) is 25.4. The second kappa shape index (κ2) is 8.83. The highest BCUT2D eigenvalue weighted by molar-refractivity contribution is 6.02. The molecule has 0 unspecified atom stereocenters. The molecule has 2 aliphatic carbocycles. The van der Waals surface area contributed by atoms with Gasteiger partial charge in [0.1, 0.15) is 5.82 Å². The van der Waals surface area contributed by atoms with E-state index >= 15 is 0 Å². The van der Waals surface area contributed by atoms with Crippen LogP contribution in [0.1, 0.15) is 68.7 Å². The van der Waals surface area contributed by atoms with Crippen molar-refractivity contribution in [1.82, 2.24) is 5.32 Å². The van der Waals surface area contributed by atoms with Crippen LogP contribution in [0.3, 0.4) is 0 Å². The van der Waals surface area contributed by atoms with Gasteiger partial charge in [-0.25, -0.2) is 9.18 Å².